The predicted octanol–water partition coefficient (Wildman–Crippen LogP) is 3.08. The summed E-state index contributed by atoms with van der Waals surface area (Å²) in [4.78, 5) is 25.9. The molecule has 0 saturated heterocycles. The van der Waals surface area contributed by atoms with Crippen molar-refractivity contribution in [3.8, 4) is 17.6 Å². The van der Waals surface area contributed by atoms with Crippen molar-refractivity contribution in [3.05, 3.63) is 59.1 Å². The van der Waals surface area contributed by atoms with Gasteiger partial charge in [-0.2, -0.15) is 9.94 Å². The van der Waals surface area contributed by atoms with Gasteiger partial charge in [-0.3, -0.25) is 4.79 Å². The molecule has 2 aromatic heterocycles. The zero-order valence-electron chi connectivity index (χ0n) is 20.7. The van der Waals surface area contributed by atoms with E-state index in [0.717, 1.165) is 25.0 Å². The number of carbonyl (C=O) groups is 1. The van der Waals surface area contributed by atoms with Crippen molar-refractivity contribution in [2.75, 3.05) is 0 Å². The van der Waals surface area contributed by atoms with E-state index < -0.39 is 35.7 Å². The van der Waals surface area contributed by atoms with Crippen LogP contribution in [0.25, 0.3) is 5.82 Å². The van der Waals surface area contributed by atoms with Crippen LogP contribution in [0.4, 0.5) is 13.2 Å². The van der Waals surface area contributed by atoms with Crippen LogP contribution < -0.4 is 15.8 Å². The van der Waals surface area contributed by atoms with Crippen molar-refractivity contribution in [2.24, 2.45) is 5.73 Å². The normalized spacial score (nSPS) is 15.4. The third-order valence-corrected chi connectivity index (χ3v) is 5.92. The molecule has 38 heavy (non-hydrogen) atoms. The number of hydrogen-bond donors (Lipinski definition) is 3. The number of hydrogen-bond acceptors (Lipinski definition) is 9. The molecule has 0 aliphatic heterocycles. The number of ether oxygens (including phenoxy) is 1. The van der Waals surface area contributed by atoms with Crippen molar-refractivity contribution >= 4 is 5.91 Å². The van der Waals surface area contributed by atoms with Gasteiger partial charge in [0, 0.05) is 17.5 Å². The van der Waals surface area contributed by atoms with E-state index in [0.29, 0.717) is 11.6 Å². The largest absolute Gasteiger partial charge is 0.573 e. The average molecular weight is 531 g/mol. The minimum absolute atomic E-state index is 0.138. The monoisotopic (exact) mass is 530 g/mol. The van der Waals surface area contributed by atoms with Crippen molar-refractivity contribution in [1.82, 2.24) is 30.0 Å². The number of nitrogens with one attached hydrogen (secondary N) is 1. The fourth-order valence-corrected chi connectivity index (χ4v) is 3.64. The Labute approximate surface area is 215 Å². The molecule has 4 N–H and O–H groups in total. The number of aliphatic hydroxyl groups excluding tert-OH is 1. The molecule has 14 heteroatoms. The van der Waals surface area contributed by atoms with E-state index in [1.165, 1.54) is 37.0 Å². The molecule has 2 heterocycles. The SMILES string of the molecule is C[C@H](NC(=O)c1cc(OC(F)(F)F)cc(C(C)(C)C#N)c1)c1nc(C2CC2)nn1-c1cc(C(N)O)ncn1. The zero-order chi connectivity index (χ0) is 27.8. The quantitative estimate of drug-likeness (QED) is 0.371. The molecule has 2 atom stereocenters. The molecule has 1 unspecified atom stereocenters. The number of aromatic nitrogens is 5. The number of nitrogens with two attached hydrogens (primary N) is 1. The Morgan fingerprint density at radius 3 is 2.58 bits per heavy atom. The molecular weight excluding hydrogens is 505 g/mol. The van der Waals surface area contributed by atoms with Gasteiger partial charge in [0.1, 0.15) is 18.3 Å². The van der Waals surface area contributed by atoms with Gasteiger partial charge in [-0.1, -0.05) is 0 Å². The van der Waals surface area contributed by atoms with Gasteiger partial charge >= 0.3 is 6.36 Å². The molecule has 0 spiro atoms. The summed E-state index contributed by atoms with van der Waals surface area (Å²) in [5.41, 5.74) is 4.51. The van der Waals surface area contributed by atoms with Crippen LogP contribution in [0.1, 0.15) is 85.1 Å². The van der Waals surface area contributed by atoms with Crippen molar-refractivity contribution in [2.45, 2.75) is 63.6 Å². The molecule has 3 aromatic rings. The summed E-state index contributed by atoms with van der Waals surface area (Å²) >= 11 is 0. The lowest BCUT2D eigenvalue weighted by molar-refractivity contribution is -0.274. The molecule has 4 rings (SSSR count). The highest BCUT2D eigenvalue weighted by molar-refractivity contribution is 5.95. The summed E-state index contributed by atoms with van der Waals surface area (Å²) in [5, 5.41) is 26.4. The molecule has 1 aliphatic carbocycles. The van der Waals surface area contributed by atoms with Gasteiger partial charge in [0.25, 0.3) is 5.91 Å². The summed E-state index contributed by atoms with van der Waals surface area (Å²) in [6.45, 7) is 4.66. The second-order valence-corrected chi connectivity index (χ2v) is 9.49. The first-order valence-electron chi connectivity index (χ1n) is 11.6. The van der Waals surface area contributed by atoms with Crippen LogP contribution in [0.15, 0.2) is 30.6 Å². The molecule has 1 amide bonds. The number of benzene rings is 1. The maximum absolute atomic E-state index is 13.2. The first-order valence-corrected chi connectivity index (χ1v) is 11.6. The van der Waals surface area contributed by atoms with Crippen LogP contribution in [-0.4, -0.2) is 42.1 Å². The lowest BCUT2D eigenvalue weighted by atomic mass is 9.85. The van der Waals surface area contributed by atoms with Crippen LogP contribution in [0.3, 0.4) is 0 Å². The highest BCUT2D eigenvalue weighted by Gasteiger charge is 2.34. The number of nitrogens with zero attached hydrogens (tertiary/aromatic N) is 6. The maximum atomic E-state index is 13.2. The molecule has 1 aromatic carbocycles. The first-order chi connectivity index (χ1) is 17.8. The molecule has 0 bridgehead atoms. The average Bonchev–Trinajstić information content (AvgIpc) is 3.60. The van der Waals surface area contributed by atoms with Crippen LogP contribution in [-0.2, 0) is 5.41 Å². The highest BCUT2D eigenvalue weighted by Crippen LogP contribution is 2.39. The summed E-state index contributed by atoms with van der Waals surface area (Å²) < 4.78 is 44.2. The number of carbonyl (C=O) groups excluding carboxylic acids is 1. The van der Waals surface area contributed by atoms with Gasteiger partial charge in [-0.05, 0) is 57.4 Å². The van der Waals surface area contributed by atoms with Crippen LogP contribution in [0, 0.1) is 11.3 Å². The number of amides is 1. The van der Waals surface area contributed by atoms with Crippen molar-refractivity contribution in [3.63, 3.8) is 0 Å². The van der Waals surface area contributed by atoms with Gasteiger partial charge in [0.05, 0.1) is 23.2 Å². The Bertz CT molecular complexity index is 1390. The number of nitriles is 1. The smallest absolute Gasteiger partial charge is 0.406 e. The number of rotatable bonds is 8. The Kier molecular flexibility index (Phi) is 7.09. The Morgan fingerprint density at radius 1 is 1.26 bits per heavy atom. The van der Waals surface area contributed by atoms with E-state index in [1.807, 2.05) is 6.07 Å². The minimum atomic E-state index is -4.99. The molecule has 0 radical (unpaired) electrons. The van der Waals surface area contributed by atoms with Crippen LogP contribution >= 0.6 is 0 Å². The molecule has 1 saturated carbocycles. The summed E-state index contributed by atoms with van der Waals surface area (Å²) in [6, 6.07) is 6.04. The first kappa shape index (κ1) is 27.0. The van der Waals surface area contributed by atoms with Gasteiger partial charge in [-0.15, -0.1) is 18.3 Å². The van der Waals surface area contributed by atoms with Gasteiger partial charge in [-0.25, -0.2) is 15.0 Å². The Balaban J connectivity index is 1.68. The standard InChI is InChI=1S/C24H25F3N8O3/c1-12(21-33-20(13-4-5-13)34-35(21)18-9-17(19(29)36)30-11-31-18)32-22(37)14-6-15(23(2,3)10-28)8-16(7-14)38-24(25,26)27/h6-9,11-13,19,36H,4-5,29H2,1-3H3,(H,32,37)/t12-,19?/m0/s1. The lowest BCUT2D eigenvalue weighted by Gasteiger charge is -2.20. The molecule has 1 fully saturated rings. The van der Waals surface area contributed by atoms with E-state index in [1.54, 1.807) is 6.92 Å². The number of alkyl halides is 3. The third kappa shape index (κ3) is 6.06. The fourth-order valence-electron chi connectivity index (χ4n) is 3.64. The van der Waals surface area contributed by atoms with E-state index in [-0.39, 0.29) is 28.6 Å². The van der Waals surface area contributed by atoms with Gasteiger partial charge < -0.3 is 20.9 Å². The fraction of sp³-hybridized carbons (Fsp3) is 0.417. The number of halogens is 3. The van der Waals surface area contributed by atoms with E-state index in [4.69, 9.17) is 5.73 Å². The molecular formula is C24H25F3N8O3. The molecule has 200 valence electrons. The van der Waals surface area contributed by atoms with Gasteiger partial charge in [0.15, 0.2) is 17.5 Å². The predicted molar refractivity (Wildman–Crippen MR) is 126 cm³/mol. The van der Waals surface area contributed by atoms with Gasteiger partial charge in [0.2, 0.25) is 0 Å². The Morgan fingerprint density at radius 2 is 1.97 bits per heavy atom. The second kappa shape index (κ2) is 9.99. The highest BCUT2D eigenvalue weighted by atomic mass is 19.4. The second-order valence-electron chi connectivity index (χ2n) is 9.49. The summed E-state index contributed by atoms with van der Waals surface area (Å²) in [5.74, 6) is -0.0719. The van der Waals surface area contributed by atoms with Crippen molar-refractivity contribution < 1.29 is 27.8 Å². The zero-order valence-corrected chi connectivity index (χ0v) is 20.7. The van der Waals surface area contributed by atoms with Crippen molar-refractivity contribution in [1.29, 1.82) is 5.26 Å². The van der Waals surface area contributed by atoms with Crippen LogP contribution in [0.5, 0.6) is 5.75 Å². The van der Waals surface area contributed by atoms with E-state index in [9.17, 15) is 28.3 Å². The number of aliphatic hydroxyl groups is 1. The minimum Gasteiger partial charge on any atom is -0.406 e. The summed E-state index contributed by atoms with van der Waals surface area (Å²) in [6.07, 6.45) is -3.31. The molecule has 1 aliphatic rings. The van der Waals surface area contributed by atoms with Crippen LogP contribution in [0.2, 0.25) is 0 Å². The Hall–Kier alpha value is -4.09. The third-order valence-electron chi connectivity index (χ3n) is 5.92. The van der Waals surface area contributed by atoms with E-state index >= 15 is 0 Å². The van der Waals surface area contributed by atoms with E-state index in [2.05, 4.69) is 30.1 Å². The summed E-state index contributed by atoms with van der Waals surface area (Å²) in [7, 11) is 0. The topological polar surface area (TPSA) is 165 Å². The maximum Gasteiger partial charge on any atom is 0.573 e. The molecule has 11 nitrogen and oxygen atoms in total. The lowest BCUT2D eigenvalue weighted by Crippen LogP contribution is -2.29.